The highest BCUT2D eigenvalue weighted by atomic mass is 32.1. The second-order valence-corrected chi connectivity index (χ2v) is 18.5. The summed E-state index contributed by atoms with van der Waals surface area (Å²) in [5.74, 6) is 0.646. The number of ether oxygens (including phenoxy) is 5. The number of aromatic nitrogens is 6. The SMILES string of the molecule is COc1cc(F)ccc1-c1cnc2sc(N3C[C@@H]4[C@H](C3)OCC[C@@H]4N)nn12.COc1cc(F)ccc1-c1cnc2sc(N3C[C@H]4[C@@H](NC(=O)OC(C)(C)C)CCO[C@H]4C3)nn12. The Labute approximate surface area is 358 Å². The van der Waals surface area contributed by atoms with Gasteiger partial charge in [0.2, 0.25) is 20.2 Å². The fourth-order valence-electron chi connectivity index (χ4n) is 8.57. The van der Waals surface area contributed by atoms with Crippen LogP contribution in [0.5, 0.6) is 11.5 Å². The Kier molecular flexibility index (Phi) is 11.2. The molecule has 6 aromatic rings. The number of carbonyl (C=O) groups is 1. The standard InChI is InChI=1S/C23H28FN5O4S.C18H20FN5O2S/c1-23(2,3)33-22(30)26-16-7-8-32-19-12-28(11-15(16)19)21-27-29-17(10-25-20(29)34-21)14-6-5-13(24)9-18(14)31-4;1-25-15-6-10(19)2-3-11(15)14-7-21-17-24(14)22-18(27-17)23-8-12-13(20)4-5-26-16(12)9-23/h5-6,9-10,15-16,19H,7-8,11-12H2,1-4H3,(H,26,30);2-3,6-7,12-13,16H,4-5,8-9,20H2,1H3/t15-,16-,19-;12-,13-,16-/m00/s1. The van der Waals surface area contributed by atoms with Gasteiger partial charge >= 0.3 is 6.09 Å². The van der Waals surface area contributed by atoms with Crippen LogP contribution in [0.4, 0.5) is 23.8 Å². The zero-order valence-corrected chi connectivity index (χ0v) is 36.0. The Hall–Kier alpha value is -5.15. The maximum absolute atomic E-state index is 13.7. The van der Waals surface area contributed by atoms with Gasteiger partial charge in [0.15, 0.2) is 0 Å². The van der Waals surface area contributed by atoms with Gasteiger partial charge in [-0.15, -0.1) is 10.2 Å². The number of halogens is 2. The minimum Gasteiger partial charge on any atom is -0.496 e. The lowest BCUT2D eigenvalue weighted by molar-refractivity contribution is -0.0200. The number of carbonyl (C=O) groups excluding carboxylic acids is 1. The van der Waals surface area contributed by atoms with E-state index in [-0.39, 0.29) is 41.8 Å². The van der Waals surface area contributed by atoms with Crippen molar-refractivity contribution < 1.29 is 37.3 Å². The van der Waals surface area contributed by atoms with E-state index in [9.17, 15) is 13.6 Å². The van der Waals surface area contributed by atoms with Crippen LogP contribution in [0.15, 0.2) is 48.8 Å². The van der Waals surface area contributed by atoms with E-state index in [0.717, 1.165) is 69.7 Å². The summed E-state index contributed by atoms with van der Waals surface area (Å²) in [7, 11) is 3.04. The first kappa shape index (κ1) is 41.2. The number of hydrogen-bond acceptors (Lipinski definition) is 15. The van der Waals surface area contributed by atoms with E-state index < -0.39 is 11.7 Å². The molecule has 10 rings (SSSR count). The molecule has 4 aromatic heterocycles. The maximum Gasteiger partial charge on any atom is 0.407 e. The minimum absolute atomic E-state index is 0.00145. The Morgan fingerprint density at radius 3 is 1.80 bits per heavy atom. The molecular weight excluding hydrogens is 831 g/mol. The van der Waals surface area contributed by atoms with E-state index in [1.807, 2.05) is 20.8 Å². The summed E-state index contributed by atoms with van der Waals surface area (Å²) >= 11 is 3.01. The van der Waals surface area contributed by atoms with Crippen LogP contribution in [0.2, 0.25) is 0 Å². The molecule has 4 aliphatic rings. The van der Waals surface area contributed by atoms with Gasteiger partial charge in [0, 0.05) is 86.6 Å². The normalized spacial score (nSPS) is 23.7. The Morgan fingerprint density at radius 1 is 0.787 bits per heavy atom. The molecule has 8 heterocycles. The predicted molar refractivity (Wildman–Crippen MR) is 227 cm³/mol. The Balaban J connectivity index is 0.000000160. The molecule has 61 heavy (non-hydrogen) atoms. The van der Waals surface area contributed by atoms with E-state index in [0.29, 0.717) is 42.7 Å². The van der Waals surface area contributed by atoms with Crippen molar-refractivity contribution in [3.63, 3.8) is 0 Å². The molecule has 0 unspecified atom stereocenters. The van der Waals surface area contributed by atoms with Gasteiger partial charge in [-0.2, -0.15) is 0 Å². The van der Waals surface area contributed by atoms with Gasteiger partial charge in [0.25, 0.3) is 0 Å². The number of nitrogens with one attached hydrogen (secondary N) is 1. The Morgan fingerprint density at radius 2 is 1.30 bits per heavy atom. The molecule has 16 nitrogen and oxygen atoms in total. The third-order valence-corrected chi connectivity index (χ3v) is 13.5. The van der Waals surface area contributed by atoms with E-state index in [4.69, 9.17) is 39.6 Å². The smallest absolute Gasteiger partial charge is 0.407 e. The summed E-state index contributed by atoms with van der Waals surface area (Å²) in [6.45, 7) is 9.90. The second-order valence-electron chi connectivity index (χ2n) is 16.6. The van der Waals surface area contributed by atoms with Gasteiger partial charge < -0.3 is 44.5 Å². The zero-order valence-electron chi connectivity index (χ0n) is 34.4. The first-order valence-electron chi connectivity index (χ1n) is 20.2. The van der Waals surface area contributed by atoms with Crippen molar-refractivity contribution in [2.45, 2.75) is 63.5 Å². The van der Waals surface area contributed by atoms with E-state index in [1.54, 1.807) is 33.6 Å². The summed E-state index contributed by atoms with van der Waals surface area (Å²) in [4.78, 5) is 27.3. The highest BCUT2D eigenvalue weighted by Crippen LogP contribution is 2.39. The molecule has 6 atom stereocenters. The Bertz CT molecular complexity index is 2540. The molecule has 0 spiro atoms. The summed E-state index contributed by atoms with van der Waals surface area (Å²) in [5, 5.41) is 14.3. The van der Waals surface area contributed by atoms with Crippen molar-refractivity contribution in [1.29, 1.82) is 0 Å². The molecular formula is C41H48F2N10O6S2. The van der Waals surface area contributed by atoms with Gasteiger partial charge in [-0.25, -0.2) is 32.6 Å². The predicted octanol–water partition coefficient (Wildman–Crippen LogP) is 5.88. The molecule has 3 N–H and O–H groups in total. The molecule has 4 aliphatic heterocycles. The van der Waals surface area contributed by atoms with Gasteiger partial charge in [-0.3, -0.25) is 0 Å². The number of methoxy groups -OCH3 is 2. The van der Waals surface area contributed by atoms with Crippen molar-refractivity contribution in [3.8, 4) is 34.0 Å². The van der Waals surface area contributed by atoms with Crippen LogP contribution in [-0.2, 0) is 14.2 Å². The third kappa shape index (κ3) is 8.30. The van der Waals surface area contributed by atoms with Crippen molar-refractivity contribution >= 4 is 49.0 Å². The molecule has 4 saturated heterocycles. The zero-order chi connectivity index (χ0) is 42.6. The number of rotatable bonds is 7. The number of nitrogens with zero attached hydrogens (tertiary/aromatic N) is 8. The highest BCUT2D eigenvalue weighted by molar-refractivity contribution is 7.20. The summed E-state index contributed by atoms with van der Waals surface area (Å²) < 4.78 is 58.8. The van der Waals surface area contributed by atoms with Gasteiger partial charge in [-0.05, 0) is 57.9 Å². The van der Waals surface area contributed by atoms with E-state index in [2.05, 4.69) is 25.1 Å². The highest BCUT2D eigenvalue weighted by Gasteiger charge is 2.44. The summed E-state index contributed by atoms with van der Waals surface area (Å²) in [5.41, 5.74) is 8.70. The first-order chi connectivity index (χ1) is 29.3. The average Bonchev–Trinajstić information content (AvgIpc) is 4.07. The number of benzene rings is 2. The number of amides is 1. The lowest BCUT2D eigenvalue weighted by atomic mass is 9.92. The number of nitrogens with two attached hydrogens (primary N) is 1. The molecule has 0 radical (unpaired) electrons. The van der Waals surface area contributed by atoms with Gasteiger partial charge in [-0.1, -0.05) is 22.7 Å². The number of imidazole rings is 2. The van der Waals surface area contributed by atoms with Crippen LogP contribution in [-0.4, -0.2) is 119 Å². The molecule has 4 fully saturated rings. The molecule has 0 aliphatic carbocycles. The number of anilines is 2. The van der Waals surface area contributed by atoms with Crippen LogP contribution >= 0.6 is 22.7 Å². The van der Waals surface area contributed by atoms with Crippen molar-refractivity contribution in [2.24, 2.45) is 17.6 Å². The average molecular weight is 879 g/mol. The van der Waals surface area contributed by atoms with Crippen LogP contribution in [0.3, 0.4) is 0 Å². The minimum atomic E-state index is -0.545. The van der Waals surface area contributed by atoms with Crippen LogP contribution in [0.1, 0.15) is 33.6 Å². The molecule has 0 bridgehead atoms. The maximum atomic E-state index is 13.7. The summed E-state index contributed by atoms with van der Waals surface area (Å²) in [6, 6.07) is 9.03. The largest absolute Gasteiger partial charge is 0.496 e. The first-order valence-corrected chi connectivity index (χ1v) is 21.8. The van der Waals surface area contributed by atoms with Crippen molar-refractivity contribution in [1.82, 2.24) is 34.5 Å². The van der Waals surface area contributed by atoms with E-state index in [1.165, 1.54) is 61.2 Å². The molecule has 324 valence electrons. The molecule has 20 heteroatoms. The fraction of sp³-hybridized carbons (Fsp3) is 0.488. The lowest BCUT2D eigenvalue weighted by Crippen LogP contribution is -2.50. The third-order valence-electron chi connectivity index (χ3n) is 11.5. The fourth-order valence-corrected chi connectivity index (χ4v) is 10.4. The quantitative estimate of drug-likeness (QED) is 0.195. The van der Waals surface area contributed by atoms with Crippen molar-refractivity contribution in [3.05, 3.63) is 60.4 Å². The van der Waals surface area contributed by atoms with Crippen molar-refractivity contribution in [2.75, 3.05) is 63.4 Å². The topological polar surface area (TPSA) is 168 Å². The number of fused-ring (bicyclic) bond motifs is 4. The molecule has 1 amide bonds. The summed E-state index contributed by atoms with van der Waals surface area (Å²) in [6.07, 6.45) is 4.87. The van der Waals surface area contributed by atoms with Crippen LogP contribution in [0, 0.1) is 23.5 Å². The van der Waals surface area contributed by atoms with Gasteiger partial charge in [0.05, 0.1) is 50.2 Å². The second kappa shape index (κ2) is 16.6. The lowest BCUT2D eigenvalue weighted by Gasteiger charge is -2.33. The van der Waals surface area contributed by atoms with E-state index >= 15 is 0 Å². The van der Waals surface area contributed by atoms with Crippen LogP contribution in [0.25, 0.3) is 32.4 Å². The monoisotopic (exact) mass is 878 g/mol. The number of alkyl carbamates (subject to hydrolysis) is 1. The molecule has 2 aromatic carbocycles. The van der Waals surface area contributed by atoms with Gasteiger partial charge in [0.1, 0.15) is 28.7 Å². The van der Waals surface area contributed by atoms with Crippen LogP contribution < -0.4 is 30.3 Å². The molecule has 0 saturated carbocycles. The number of hydrogen-bond donors (Lipinski definition) is 2.